The molecule has 0 aliphatic carbocycles. The topological polar surface area (TPSA) is 92.5 Å². The van der Waals surface area contributed by atoms with E-state index in [-0.39, 0.29) is 29.3 Å². The first-order chi connectivity index (χ1) is 17.3. The molecule has 3 heterocycles. The monoisotopic (exact) mass is 481 g/mol. The average molecular weight is 482 g/mol. The third-order valence-corrected chi connectivity index (χ3v) is 8.24. The van der Waals surface area contributed by atoms with E-state index < -0.39 is 16.4 Å². The molecule has 7 nitrogen and oxygen atoms in total. The van der Waals surface area contributed by atoms with E-state index in [1.165, 1.54) is 6.07 Å². The van der Waals surface area contributed by atoms with Crippen LogP contribution in [0, 0.1) is 29.9 Å². The Morgan fingerprint density at radius 1 is 1.06 bits per heavy atom. The Labute approximate surface area is 209 Å². The molecule has 2 saturated heterocycles. The molecule has 3 unspecified atom stereocenters. The van der Waals surface area contributed by atoms with Gasteiger partial charge in [-0.15, -0.1) is 0 Å². The van der Waals surface area contributed by atoms with Crippen LogP contribution in [0.25, 0.3) is 0 Å². The van der Waals surface area contributed by atoms with Crippen molar-refractivity contribution in [3.05, 3.63) is 105 Å². The molecular weight excluding hydrogens is 454 g/mol. The SMILES string of the molecule is Cc1ccc(C(=O)C2C(c3cccc([N+](=O)[O-])c3)C3CCCN3[C@@]23C(=O)Nc2ccc(C)cc23)cc1. The summed E-state index contributed by atoms with van der Waals surface area (Å²) >= 11 is 0. The Bertz CT molecular complexity index is 1420. The highest BCUT2D eigenvalue weighted by Gasteiger charge is 2.69. The Balaban J connectivity index is 1.62. The second-order valence-corrected chi connectivity index (χ2v) is 10.3. The molecule has 0 aromatic heterocycles. The molecule has 3 aromatic rings. The lowest BCUT2D eigenvalue weighted by molar-refractivity contribution is -0.384. The van der Waals surface area contributed by atoms with Crippen molar-refractivity contribution >= 4 is 23.1 Å². The maximum Gasteiger partial charge on any atom is 0.269 e. The van der Waals surface area contributed by atoms with Crippen molar-refractivity contribution in [2.45, 2.75) is 44.2 Å². The molecule has 1 N–H and O–H groups in total. The number of benzene rings is 3. The van der Waals surface area contributed by atoms with Gasteiger partial charge in [-0.2, -0.15) is 0 Å². The minimum atomic E-state index is -1.17. The van der Waals surface area contributed by atoms with Gasteiger partial charge in [0.15, 0.2) is 5.78 Å². The molecule has 2 fully saturated rings. The van der Waals surface area contributed by atoms with Crippen LogP contribution in [0.15, 0.2) is 66.7 Å². The molecule has 7 heteroatoms. The van der Waals surface area contributed by atoms with Crippen molar-refractivity contribution in [1.82, 2.24) is 4.90 Å². The van der Waals surface area contributed by atoms with Gasteiger partial charge in [0.05, 0.1) is 10.8 Å². The molecular formula is C29H27N3O4. The maximum absolute atomic E-state index is 14.5. The number of nitrogens with one attached hydrogen (secondary N) is 1. The van der Waals surface area contributed by atoms with Crippen LogP contribution in [-0.2, 0) is 10.3 Å². The minimum Gasteiger partial charge on any atom is -0.324 e. The highest BCUT2D eigenvalue weighted by Crippen LogP contribution is 2.61. The molecule has 3 aliphatic heterocycles. The van der Waals surface area contributed by atoms with Gasteiger partial charge >= 0.3 is 0 Å². The average Bonchev–Trinajstić information content (AvgIpc) is 3.52. The first-order valence-electron chi connectivity index (χ1n) is 12.4. The predicted octanol–water partition coefficient (Wildman–Crippen LogP) is 5.12. The molecule has 6 rings (SSSR count). The summed E-state index contributed by atoms with van der Waals surface area (Å²) in [5.41, 5.74) is 3.73. The summed E-state index contributed by atoms with van der Waals surface area (Å²) in [5.74, 6) is -1.38. The van der Waals surface area contributed by atoms with E-state index in [4.69, 9.17) is 0 Å². The number of non-ortho nitro benzene ring substituents is 1. The van der Waals surface area contributed by atoms with Gasteiger partial charge in [0.1, 0.15) is 5.54 Å². The molecule has 4 atom stereocenters. The number of amides is 1. The van der Waals surface area contributed by atoms with E-state index in [9.17, 15) is 19.7 Å². The van der Waals surface area contributed by atoms with Crippen molar-refractivity contribution in [2.24, 2.45) is 5.92 Å². The number of carbonyl (C=O) groups is 2. The van der Waals surface area contributed by atoms with Crippen molar-refractivity contribution in [3.63, 3.8) is 0 Å². The quantitative estimate of drug-likeness (QED) is 0.317. The number of nitro benzene ring substituents is 1. The molecule has 36 heavy (non-hydrogen) atoms. The molecule has 3 aliphatic rings. The number of hydrogen-bond acceptors (Lipinski definition) is 5. The third kappa shape index (κ3) is 3.09. The summed E-state index contributed by atoms with van der Waals surface area (Å²) < 4.78 is 0. The van der Waals surface area contributed by atoms with Gasteiger partial charge in [0, 0.05) is 40.9 Å². The summed E-state index contributed by atoms with van der Waals surface area (Å²) in [4.78, 5) is 41.9. The minimum absolute atomic E-state index is 0.00773. The number of nitrogens with zero attached hydrogens (tertiary/aromatic N) is 2. The number of hydrogen-bond donors (Lipinski definition) is 1. The molecule has 1 spiro atoms. The highest BCUT2D eigenvalue weighted by molar-refractivity contribution is 6.12. The number of carbonyl (C=O) groups excluding carboxylic acids is 2. The molecule has 0 radical (unpaired) electrons. The molecule has 182 valence electrons. The van der Waals surface area contributed by atoms with Gasteiger partial charge in [0.2, 0.25) is 5.91 Å². The number of aryl methyl sites for hydroxylation is 2. The Hall–Kier alpha value is -3.84. The molecule has 3 aromatic carbocycles. The number of rotatable bonds is 4. The smallest absolute Gasteiger partial charge is 0.269 e. The van der Waals surface area contributed by atoms with Crippen molar-refractivity contribution < 1.29 is 14.5 Å². The van der Waals surface area contributed by atoms with E-state index in [1.807, 2.05) is 62.4 Å². The second-order valence-electron chi connectivity index (χ2n) is 10.3. The fourth-order valence-electron chi connectivity index (χ4n) is 6.79. The van der Waals surface area contributed by atoms with Crippen LogP contribution in [0.1, 0.15) is 51.4 Å². The van der Waals surface area contributed by atoms with Gasteiger partial charge in [-0.05, 0) is 44.9 Å². The van der Waals surface area contributed by atoms with Gasteiger partial charge in [-0.25, -0.2) is 0 Å². The lowest BCUT2D eigenvalue weighted by Crippen LogP contribution is -2.52. The van der Waals surface area contributed by atoms with Crippen LogP contribution in [-0.4, -0.2) is 34.1 Å². The Kier molecular flexibility index (Phi) is 5.09. The number of anilines is 1. The zero-order chi connectivity index (χ0) is 25.2. The van der Waals surface area contributed by atoms with E-state index in [0.717, 1.165) is 40.8 Å². The van der Waals surface area contributed by atoms with Crippen molar-refractivity contribution in [2.75, 3.05) is 11.9 Å². The van der Waals surface area contributed by atoms with Crippen LogP contribution < -0.4 is 5.32 Å². The van der Waals surface area contributed by atoms with Crippen LogP contribution >= 0.6 is 0 Å². The highest BCUT2D eigenvalue weighted by atomic mass is 16.6. The van der Waals surface area contributed by atoms with E-state index in [2.05, 4.69) is 10.2 Å². The molecule has 0 saturated carbocycles. The fourth-order valence-corrected chi connectivity index (χ4v) is 6.79. The van der Waals surface area contributed by atoms with Gasteiger partial charge in [0.25, 0.3) is 5.69 Å². The lowest BCUT2D eigenvalue weighted by atomic mass is 9.68. The predicted molar refractivity (Wildman–Crippen MR) is 136 cm³/mol. The number of ketones is 1. The van der Waals surface area contributed by atoms with E-state index in [0.29, 0.717) is 12.1 Å². The van der Waals surface area contributed by atoms with E-state index in [1.54, 1.807) is 12.1 Å². The van der Waals surface area contributed by atoms with Crippen LogP contribution in [0.2, 0.25) is 0 Å². The number of Topliss-reactive ketones (excluding diaryl/α,β-unsaturated/α-hetero) is 1. The first kappa shape index (κ1) is 22.6. The maximum atomic E-state index is 14.5. The van der Waals surface area contributed by atoms with Crippen LogP contribution in [0.5, 0.6) is 0 Å². The summed E-state index contributed by atoms with van der Waals surface area (Å²) in [6.07, 6.45) is 1.72. The van der Waals surface area contributed by atoms with Gasteiger partial charge in [-0.1, -0.05) is 59.7 Å². The van der Waals surface area contributed by atoms with Crippen LogP contribution in [0.3, 0.4) is 0 Å². The van der Waals surface area contributed by atoms with Gasteiger partial charge < -0.3 is 5.32 Å². The standard InChI is InChI=1S/C29H27N3O4/c1-17-8-11-19(12-9-17)27(33)26-25(20-5-3-6-21(16-20)32(35)36)24-7-4-14-31(24)29(26)22-15-18(2)10-13-23(22)30-28(29)34/h3,5-6,8-13,15-16,24-26H,4,7,14H2,1-2H3,(H,30,34)/t24?,25?,26?,29-/m1/s1. The summed E-state index contributed by atoms with van der Waals surface area (Å²) in [6, 6.07) is 19.9. The second kappa shape index (κ2) is 8.10. The Morgan fingerprint density at radius 2 is 1.81 bits per heavy atom. The summed E-state index contributed by atoms with van der Waals surface area (Å²) in [5, 5.41) is 14.7. The third-order valence-electron chi connectivity index (χ3n) is 8.24. The summed E-state index contributed by atoms with van der Waals surface area (Å²) in [6.45, 7) is 4.65. The largest absolute Gasteiger partial charge is 0.324 e. The fraction of sp³-hybridized carbons (Fsp3) is 0.310. The summed E-state index contributed by atoms with van der Waals surface area (Å²) in [7, 11) is 0. The first-order valence-corrected chi connectivity index (χ1v) is 12.4. The Morgan fingerprint density at radius 3 is 2.56 bits per heavy atom. The van der Waals surface area contributed by atoms with E-state index >= 15 is 0 Å². The van der Waals surface area contributed by atoms with Crippen LogP contribution in [0.4, 0.5) is 11.4 Å². The van der Waals surface area contributed by atoms with Crippen molar-refractivity contribution in [3.8, 4) is 0 Å². The molecule has 1 amide bonds. The van der Waals surface area contributed by atoms with Crippen molar-refractivity contribution in [1.29, 1.82) is 0 Å². The number of fused-ring (bicyclic) bond motifs is 4. The number of nitro groups is 1. The zero-order valence-corrected chi connectivity index (χ0v) is 20.2. The zero-order valence-electron chi connectivity index (χ0n) is 20.2. The van der Waals surface area contributed by atoms with Gasteiger partial charge in [-0.3, -0.25) is 24.6 Å². The normalized spacial score (nSPS) is 26.6. The lowest BCUT2D eigenvalue weighted by Gasteiger charge is -2.37. The molecule has 0 bridgehead atoms.